The van der Waals surface area contributed by atoms with E-state index in [1.807, 2.05) is 0 Å². The van der Waals surface area contributed by atoms with Crippen LogP contribution in [-0.4, -0.2) is 17.2 Å². The van der Waals surface area contributed by atoms with E-state index in [4.69, 9.17) is 9.84 Å². The molecule has 1 N–H and O–H groups in total. The summed E-state index contributed by atoms with van der Waals surface area (Å²) in [4.78, 5) is 11.0. The van der Waals surface area contributed by atoms with Crippen LogP contribution in [0.4, 0.5) is 0 Å². The third-order valence-corrected chi connectivity index (χ3v) is 3.26. The first kappa shape index (κ1) is 11.5. The molecule has 1 aromatic carbocycles. The Morgan fingerprint density at radius 1 is 1.38 bits per heavy atom. The zero-order chi connectivity index (χ0) is 11.5. The number of benzene rings is 1. The Morgan fingerprint density at radius 3 is 2.69 bits per heavy atom. The summed E-state index contributed by atoms with van der Waals surface area (Å²) in [6.07, 6.45) is 4.55. The molecule has 16 heavy (non-hydrogen) atoms. The smallest absolute Gasteiger partial charge is 0.339 e. The van der Waals surface area contributed by atoms with Crippen LogP contribution >= 0.6 is 15.9 Å². The number of hydrogen-bond acceptors (Lipinski definition) is 2. The third kappa shape index (κ3) is 2.55. The summed E-state index contributed by atoms with van der Waals surface area (Å²) in [7, 11) is 0. The van der Waals surface area contributed by atoms with Gasteiger partial charge >= 0.3 is 5.97 Å². The Hall–Kier alpha value is -1.03. The molecule has 86 valence electrons. The summed E-state index contributed by atoms with van der Waals surface area (Å²) in [6.45, 7) is 0. The lowest BCUT2D eigenvalue weighted by Gasteiger charge is -2.15. The van der Waals surface area contributed by atoms with Crippen LogP contribution in [0.2, 0.25) is 0 Å². The maximum Gasteiger partial charge on any atom is 0.339 e. The molecule has 0 aromatic heterocycles. The van der Waals surface area contributed by atoms with Crippen molar-refractivity contribution in [2.24, 2.45) is 0 Å². The first-order valence-corrected chi connectivity index (χ1v) is 6.15. The number of hydrogen-bond donors (Lipinski definition) is 1. The van der Waals surface area contributed by atoms with Crippen molar-refractivity contribution in [1.29, 1.82) is 0 Å². The summed E-state index contributed by atoms with van der Waals surface area (Å²) in [5.41, 5.74) is 0.232. The van der Waals surface area contributed by atoms with Gasteiger partial charge in [0, 0.05) is 4.47 Å². The third-order valence-electron chi connectivity index (χ3n) is 2.77. The fourth-order valence-corrected chi connectivity index (χ4v) is 2.30. The number of halogens is 1. The molecule has 3 nitrogen and oxygen atoms in total. The zero-order valence-electron chi connectivity index (χ0n) is 8.78. The number of carbonyl (C=O) groups is 1. The van der Waals surface area contributed by atoms with Gasteiger partial charge in [0.15, 0.2) is 0 Å². The normalized spacial score (nSPS) is 16.3. The fraction of sp³-hybridized carbons (Fsp3) is 0.417. The van der Waals surface area contributed by atoms with E-state index >= 15 is 0 Å². The predicted molar refractivity (Wildman–Crippen MR) is 64.0 cm³/mol. The average molecular weight is 285 g/mol. The lowest BCUT2D eigenvalue weighted by atomic mass is 10.2. The number of carboxylic acid groups (broad SMARTS) is 1. The molecule has 0 saturated heterocycles. The highest BCUT2D eigenvalue weighted by Crippen LogP contribution is 2.29. The summed E-state index contributed by atoms with van der Waals surface area (Å²) in [5, 5.41) is 9.04. The van der Waals surface area contributed by atoms with Gasteiger partial charge < -0.3 is 9.84 Å². The second-order valence-corrected chi connectivity index (χ2v) is 4.89. The van der Waals surface area contributed by atoms with Crippen LogP contribution in [0.25, 0.3) is 0 Å². The summed E-state index contributed by atoms with van der Waals surface area (Å²) in [5.74, 6) is -0.478. The van der Waals surface area contributed by atoms with Gasteiger partial charge in [-0.2, -0.15) is 0 Å². The molecule has 0 bridgehead atoms. The van der Waals surface area contributed by atoms with Crippen LogP contribution in [0.3, 0.4) is 0 Å². The second kappa shape index (κ2) is 4.87. The number of ether oxygens (including phenoxy) is 1. The van der Waals surface area contributed by atoms with Crippen LogP contribution < -0.4 is 4.74 Å². The van der Waals surface area contributed by atoms with Gasteiger partial charge in [-0.05, 0) is 43.9 Å². The van der Waals surface area contributed by atoms with E-state index in [9.17, 15) is 4.79 Å². The summed E-state index contributed by atoms with van der Waals surface area (Å²) >= 11 is 3.32. The molecule has 1 aliphatic carbocycles. The molecule has 0 unspecified atom stereocenters. The molecule has 0 aliphatic heterocycles. The molecule has 0 spiro atoms. The highest BCUT2D eigenvalue weighted by molar-refractivity contribution is 9.10. The second-order valence-electron chi connectivity index (χ2n) is 3.97. The maximum atomic E-state index is 11.0. The van der Waals surface area contributed by atoms with Crippen molar-refractivity contribution in [3.8, 4) is 5.75 Å². The van der Waals surface area contributed by atoms with E-state index in [-0.39, 0.29) is 11.7 Å². The van der Waals surface area contributed by atoms with Gasteiger partial charge in [0.05, 0.1) is 6.10 Å². The van der Waals surface area contributed by atoms with Crippen molar-refractivity contribution in [2.45, 2.75) is 31.8 Å². The largest absolute Gasteiger partial charge is 0.489 e. The molecule has 1 aromatic rings. The average Bonchev–Trinajstić information content (AvgIpc) is 2.70. The lowest BCUT2D eigenvalue weighted by Crippen LogP contribution is -2.13. The molecule has 1 saturated carbocycles. The number of carboxylic acids is 1. The lowest BCUT2D eigenvalue weighted by molar-refractivity contribution is 0.0689. The van der Waals surface area contributed by atoms with Crippen molar-refractivity contribution in [1.82, 2.24) is 0 Å². The van der Waals surface area contributed by atoms with Crippen molar-refractivity contribution in [3.63, 3.8) is 0 Å². The first-order valence-electron chi connectivity index (χ1n) is 5.36. The van der Waals surface area contributed by atoms with Crippen LogP contribution in [0.15, 0.2) is 22.7 Å². The van der Waals surface area contributed by atoms with Crippen LogP contribution in [0.5, 0.6) is 5.75 Å². The van der Waals surface area contributed by atoms with Gasteiger partial charge in [-0.15, -0.1) is 0 Å². The Kier molecular flexibility index (Phi) is 3.49. The topological polar surface area (TPSA) is 46.5 Å². The van der Waals surface area contributed by atoms with E-state index in [1.165, 1.54) is 12.8 Å². The van der Waals surface area contributed by atoms with Gasteiger partial charge in [0.25, 0.3) is 0 Å². The Bertz CT molecular complexity index is 397. The molecule has 1 aliphatic rings. The first-order chi connectivity index (χ1) is 7.66. The number of aromatic carboxylic acids is 1. The highest BCUT2D eigenvalue weighted by atomic mass is 79.9. The van der Waals surface area contributed by atoms with Crippen LogP contribution in [0.1, 0.15) is 36.0 Å². The molecule has 0 amide bonds. The zero-order valence-corrected chi connectivity index (χ0v) is 10.4. The van der Waals surface area contributed by atoms with Gasteiger partial charge in [0.1, 0.15) is 11.3 Å². The monoisotopic (exact) mass is 284 g/mol. The van der Waals surface area contributed by atoms with Gasteiger partial charge in [-0.3, -0.25) is 0 Å². The summed E-state index contributed by atoms with van der Waals surface area (Å²) < 4.78 is 6.58. The molecular weight excluding hydrogens is 272 g/mol. The minimum absolute atomic E-state index is 0.174. The SMILES string of the molecule is O=C(O)c1ccc(Br)cc1OC1CCCC1. The minimum Gasteiger partial charge on any atom is -0.489 e. The molecular formula is C12H13BrO3. The molecule has 0 atom stereocenters. The number of rotatable bonds is 3. The molecule has 4 heteroatoms. The minimum atomic E-state index is -0.944. The molecule has 2 rings (SSSR count). The van der Waals surface area contributed by atoms with Gasteiger partial charge in [0.2, 0.25) is 0 Å². The Balaban J connectivity index is 2.22. The van der Waals surface area contributed by atoms with Crippen LogP contribution in [0, 0.1) is 0 Å². The highest BCUT2D eigenvalue weighted by Gasteiger charge is 2.20. The van der Waals surface area contributed by atoms with Gasteiger partial charge in [-0.25, -0.2) is 4.79 Å². The van der Waals surface area contributed by atoms with E-state index in [0.29, 0.717) is 5.75 Å². The van der Waals surface area contributed by atoms with Crippen molar-refractivity contribution < 1.29 is 14.6 Å². The van der Waals surface area contributed by atoms with Gasteiger partial charge in [-0.1, -0.05) is 15.9 Å². The maximum absolute atomic E-state index is 11.0. The Morgan fingerprint density at radius 2 is 2.06 bits per heavy atom. The van der Waals surface area contributed by atoms with Crippen molar-refractivity contribution in [2.75, 3.05) is 0 Å². The standard InChI is InChI=1S/C12H13BrO3/c13-8-5-6-10(12(14)15)11(7-8)16-9-3-1-2-4-9/h5-7,9H,1-4H2,(H,14,15). The molecule has 1 fully saturated rings. The van der Waals surface area contributed by atoms with Crippen molar-refractivity contribution >= 4 is 21.9 Å². The van der Waals surface area contributed by atoms with E-state index in [2.05, 4.69) is 15.9 Å². The van der Waals surface area contributed by atoms with Crippen molar-refractivity contribution in [3.05, 3.63) is 28.2 Å². The fourth-order valence-electron chi connectivity index (χ4n) is 1.96. The molecule has 0 heterocycles. The van der Waals surface area contributed by atoms with E-state index in [0.717, 1.165) is 17.3 Å². The quantitative estimate of drug-likeness (QED) is 0.925. The summed E-state index contributed by atoms with van der Waals surface area (Å²) in [6, 6.07) is 5.00. The Labute approximate surface area is 103 Å². The molecule has 0 radical (unpaired) electrons. The predicted octanol–water partition coefficient (Wildman–Crippen LogP) is 3.47. The van der Waals surface area contributed by atoms with E-state index in [1.54, 1.807) is 18.2 Å². The van der Waals surface area contributed by atoms with E-state index < -0.39 is 5.97 Å². The van der Waals surface area contributed by atoms with Crippen LogP contribution in [-0.2, 0) is 0 Å².